The minimum absolute atomic E-state index is 0.0151. The number of pyridine rings is 1. The third-order valence-corrected chi connectivity index (χ3v) is 2.60. The van der Waals surface area contributed by atoms with Gasteiger partial charge >= 0.3 is 0 Å². The summed E-state index contributed by atoms with van der Waals surface area (Å²) in [4.78, 5) is 15.6. The van der Waals surface area contributed by atoms with E-state index < -0.39 is 0 Å². The molecule has 0 radical (unpaired) electrons. The lowest BCUT2D eigenvalue weighted by molar-refractivity contribution is -0.122. The molecule has 88 valence electrons. The number of aromatic nitrogens is 1. The summed E-state index contributed by atoms with van der Waals surface area (Å²) >= 11 is 3.37. The Bertz CT molecular complexity index is 368. The summed E-state index contributed by atoms with van der Waals surface area (Å²) in [6, 6.07) is 1.70. The zero-order valence-corrected chi connectivity index (χ0v) is 11.2. The van der Waals surface area contributed by atoms with Crippen LogP contribution in [0.1, 0.15) is 20.8 Å². The van der Waals surface area contributed by atoms with Crippen molar-refractivity contribution in [2.24, 2.45) is 0 Å². The van der Waals surface area contributed by atoms with Crippen LogP contribution in [-0.2, 0) is 4.79 Å². The lowest BCUT2D eigenvalue weighted by atomic mass is 10.2. The molecule has 0 aliphatic carbocycles. The molecule has 0 bridgehead atoms. The first kappa shape index (κ1) is 13.0. The molecule has 1 heterocycles. The quantitative estimate of drug-likeness (QED) is 0.892. The van der Waals surface area contributed by atoms with E-state index in [4.69, 9.17) is 0 Å². The Labute approximate surface area is 104 Å². The van der Waals surface area contributed by atoms with E-state index in [2.05, 4.69) is 31.5 Å². The highest BCUT2D eigenvalue weighted by atomic mass is 79.9. The van der Waals surface area contributed by atoms with Gasteiger partial charge in [0.05, 0.1) is 10.2 Å². The highest BCUT2D eigenvalue weighted by Gasteiger charge is 2.14. The van der Waals surface area contributed by atoms with Gasteiger partial charge in [0, 0.05) is 18.4 Å². The largest absolute Gasteiger partial charge is 0.373 e. The number of nitrogens with zero attached hydrogens (tertiary/aromatic N) is 1. The zero-order valence-electron chi connectivity index (χ0n) is 9.62. The highest BCUT2D eigenvalue weighted by Crippen LogP contribution is 2.20. The maximum atomic E-state index is 11.7. The van der Waals surface area contributed by atoms with Crippen molar-refractivity contribution in [1.82, 2.24) is 10.3 Å². The normalized spacial score (nSPS) is 12.3. The third kappa shape index (κ3) is 3.81. The van der Waals surface area contributed by atoms with Crippen molar-refractivity contribution in [2.75, 3.05) is 5.32 Å². The van der Waals surface area contributed by atoms with Crippen molar-refractivity contribution < 1.29 is 4.79 Å². The number of carbonyl (C=O) groups excluding carboxylic acids is 1. The van der Waals surface area contributed by atoms with Gasteiger partial charge in [-0.15, -0.1) is 0 Å². The Balaban J connectivity index is 2.61. The van der Waals surface area contributed by atoms with Crippen LogP contribution in [0.4, 0.5) is 5.69 Å². The van der Waals surface area contributed by atoms with E-state index in [0.717, 1.165) is 10.2 Å². The van der Waals surface area contributed by atoms with Crippen LogP contribution in [0.25, 0.3) is 0 Å². The van der Waals surface area contributed by atoms with Crippen LogP contribution in [0.5, 0.6) is 0 Å². The molecule has 0 fully saturated rings. The van der Waals surface area contributed by atoms with Gasteiger partial charge in [-0.1, -0.05) is 0 Å². The molecule has 1 rings (SSSR count). The number of carbonyl (C=O) groups is 1. The number of rotatable bonds is 4. The molecule has 0 aromatic carbocycles. The summed E-state index contributed by atoms with van der Waals surface area (Å²) < 4.78 is 0.846. The predicted octanol–water partition coefficient (Wildman–Crippen LogP) is 2.17. The fourth-order valence-corrected chi connectivity index (χ4v) is 1.57. The first-order valence-corrected chi connectivity index (χ1v) is 5.96. The molecule has 0 spiro atoms. The van der Waals surface area contributed by atoms with Gasteiger partial charge in [-0.05, 0) is 42.8 Å². The molecule has 1 unspecified atom stereocenters. The zero-order chi connectivity index (χ0) is 12.1. The van der Waals surface area contributed by atoms with Crippen molar-refractivity contribution in [1.29, 1.82) is 0 Å². The van der Waals surface area contributed by atoms with Crippen LogP contribution >= 0.6 is 15.9 Å². The van der Waals surface area contributed by atoms with Gasteiger partial charge in [0.1, 0.15) is 6.04 Å². The van der Waals surface area contributed by atoms with E-state index in [1.165, 1.54) is 0 Å². The molecule has 0 aliphatic heterocycles. The summed E-state index contributed by atoms with van der Waals surface area (Å²) in [6.07, 6.45) is 3.37. The van der Waals surface area contributed by atoms with Crippen LogP contribution in [-0.4, -0.2) is 23.0 Å². The van der Waals surface area contributed by atoms with E-state index in [1.807, 2.05) is 26.8 Å². The number of halogens is 1. The Morgan fingerprint density at radius 1 is 1.44 bits per heavy atom. The van der Waals surface area contributed by atoms with Crippen molar-refractivity contribution in [2.45, 2.75) is 32.9 Å². The SMILES string of the molecule is CC(C)NC(=O)C(C)Nc1ccncc1Br. The summed E-state index contributed by atoms with van der Waals surface area (Å²) in [7, 11) is 0. The summed E-state index contributed by atoms with van der Waals surface area (Å²) in [5, 5.41) is 5.97. The Morgan fingerprint density at radius 3 is 2.69 bits per heavy atom. The van der Waals surface area contributed by atoms with Gasteiger partial charge in [0.25, 0.3) is 0 Å². The van der Waals surface area contributed by atoms with Crippen LogP contribution in [0.15, 0.2) is 22.9 Å². The number of hydrogen-bond acceptors (Lipinski definition) is 3. The summed E-state index contributed by atoms with van der Waals surface area (Å²) in [5.74, 6) is -0.0151. The van der Waals surface area contributed by atoms with Crippen LogP contribution in [0.2, 0.25) is 0 Å². The maximum Gasteiger partial charge on any atom is 0.242 e. The Morgan fingerprint density at radius 2 is 2.12 bits per heavy atom. The van der Waals surface area contributed by atoms with Gasteiger partial charge in [-0.2, -0.15) is 0 Å². The number of anilines is 1. The topological polar surface area (TPSA) is 54.0 Å². The molecule has 5 heteroatoms. The standard InChI is InChI=1S/C11H16BrN3O/c1-7(2)14-11(16)8(3)15-10-4-5-13-6-9(10)12/h4-8H,1-3H3,(H,13,15)(H,14,16). The molecule has 1 amide bonds. The fraction of sp³-hybridized carbons (Fsp3) is 0.455. The molecular weight excluding hydrogens is 270 g/mol. The van der Waals surface area contributed by atoms with Crippen LogP contribution < -0.4 is 10.6 Å². The van der Waals surface area contributed by atoms with Crippen molar-refractivity contribution in [3.63, 3.8) is 0 Å². The molecule has 1 aromatic heterocycles. The molecular formula is C11H16BrN3O. The van der Waals surface area contributed by atoms with Crippen LogP contribution in [0, 0.1) is 0 Å². The predicted molar refractivity (Wildman–Crippen MR) is 68.3 cm³/mol. The van der Waals surface area contributed by atoms with E-state index >= 15 is 0 Å². The second kappa shape index (κ2) is 5.84. The van der Waals surface area contributed by atoms with Crippen molar-refractivity contribution in [3.05, 3.63) is 22.9 Å². The summed E-state index contributed by atoms with van der Waals surface area (Å²) in [5.41, 5.74) is 0.862. The second-order valence-corrected chi connectivity index (χ2v) is 4.74. The minimum Gasteiger partial charge on any atom is -0.373 e. The third-order valence-electron chi connectivity index (χ3n) is 1.97. The number of nitrogens with one attached hydrogen (secondary N) is 2. The highest BCUT2D eigenvalue weighted by molar-refractivity contribution is 9.10. The minimum atomic E-state index is -0.277. The van der Waals surface area contributed by atoms with E-state index in [0.29, 0.717) is 0 Å². The molecule has 0 aliphatic rings. The molecule has 0 saturated heterocycles. The van der Waals surface area contributed by atoms with E-state index in [1.54, 1.807) is 12.4 Å². The Kier molecular flexibility index (Phi) is 4.73. The van der Waals surface area contributed by atoms with Gasteiger partial charge in [0.15, 0.2) is 0 Å². The summed E-state index contributed by atoms with van der Waals surface area (Å²) in [6.45, 7) is 5.70. The van der Waals surface area contributed by atoms with Gasteiger partial charge in [-0.3, -0.25) is 9.78 Å². The first-order valence-electron chi connectivity index (χ1n) is 5.17. The van der Waals surface area contributed by atoms with Crippen molar-refractivity contribution >= 4 is 27.5 Å². The lowest BCUT2D eigenvalue weighted by Gasteiger charge is -2.17. The van der Waals surface area contributed by atoms with Gasteiger partial charge in [-0.25, -0.2) is 0 Å². The average molecular weight is 286 g/mol. The molecule has 16 heavy (non-hydrogen) atoms. The fourth-order valence-electron chi connectivity index (χ4n) is 1.20. The monoisotopic (exact) mass is 285 g/mol. The number of hydrogen-bond donors (Lipinski definition) is 2. The van der Waals surface area contributed by atoms with E-state index in [9.17, 15) is 4.79 Å². The van der Waals surface area contributed by atoms with Gasteiger partial charge < -0.3 is 10.6 Å². The average Bonchev–Trinajstić information content (AvgIpc) is 2.20. The maximum absolute atomic E-state index is 11.7. The molecule has 2 N–H and O–H groups in total. The lowest BCUT2D eigenvalue weighted by Crippen LogP contribution is -2.41. The smallest absolute Gasteiger partial charge is 0.242 e. The molecule has 4 nitrogen and oxygen atoms in total. The molecule has 0 saturated carbocycles. The second-order valence-electron chi connectivity index (χ2n) is 3.88. The number of amides is 1. The van der Waals surface area contributed by atoms with Crippen molar-refractivity contribution in [3.8, 4) is 0 Å². The van der Waals surface area contributed by atoms with E-state index in [-0.39, 0.29) is 18.0 Å². The first-order chi connectivity index (χ1) is 7.50. The molecule has 1 aromatic rings. The van der Waals surface area contributed by atoms with Crippen LogP contribution in [0.3, 0.4) is 0 Å². The molecule has 1 atom stereocenters. The Hall–Kier alpha value is -1.10. The van der Waals surface area contributed by atoms with Gasteiger partial charge in [0.2, 0.25) is 5.91 Å².